The van der Waals surface area contributed by atoms with E-state index in [-0.39, 0.29) is 11.7 Å². The molecular weight excluding hydrogens is 437 g/mol. The number of hydrogen-bond donors (Lipinski definition) is 1. The Hall–Kier alpha value is -4.44. The van der Waals surface area contributed by atoms with Crippen molar-refractivity contribution in [3.05, 3.63) is 138 Å². The number of fused-ring (bicyclic) bond motifs is 1. The average molecular weight is 460 g/mol. The smallest absolute Gasteiger partial charge is 0.240 e. The summed E-state index contributed by atoms with van der Waals surface area (Å²) in [5.41, 5.74) is 3.52. The number of halogens is 1. The van der Waals surface area contributed by atoms with Crippen molar-refractivity contribution in [1.29, 1.82) is 0 Å². The lowest BCUT2D eigenvalue weighted by atomic mass is 9.70. The lowest BCUT2D eigenvalue weighted by molar-refractivity contribution is -0.119. The molecule has 0 spiro atoms. The Kier molecular flexibility index (Phi) is 5.07. The number of carbonyl (C=O) groups excluding carboxylic acids is 1. The van der Waals surface area contributed by atoms with Crippen molar-refractivity contribution in [3.8, 4) is 22.6 Å². The summed E-state index contributed by atoms with van der Waals surface area (Å²) in [6, 6.07) is 35.8. The maximum absolute atomic E-state index is 14.6. The first-order valence-electron chi connectivity index (χ1n) is 11.6. The van der Waals surface area contributed by atoms with Crippen LogP contribution in [0.4, 0.5) is 10.1 Å². The molecule has 1 atom stereocenters. The van der Waals surface area contributed by atoms with Crippen LogP contribution < -0.4 is 5.32 Å². The third-order valence-electron chi connectivity index (χ3n) is 6.68. The number of nitrogens with one attached hydrogen (secondary N) is 1. The highest BCUT2D eigenvalue weighted by molar-refractivity contribution is 6.10. The molecule has 3 nitrogen and oxygen atoms in total. The van der Waals surface area contributed by atoms with E-state index in [0.29, 0.717) is 34.8 Å². The Labute approximate surface area is 202 Å². The predicted molar refractivity (Wildman–Crippen MR) is 136 cm³/mol. The molecule has 0 unspecified atom stereocenters. The number of hydrogen-bond acceptors (Lipinski definition) is 2. The van der Waals surface area contributed by atoms with Crippen LogP contribution in [-0.4, -0.2) is 5.91 Å². The summed E-state index contributed by atoms with van der Waals surface area (Å²) in [6.07, 6.45) is 0.365. The van der Waals surface area contributed by atoms with Gasteiger partial charge < -0.3 is 9.73 Å². The minimum atomic E-state index is -1.17. The molecule has 0 radical (unpaired) electrons. The van der Waals surface area contributed by atoms with Crippen molar-refractivity contribution >= 4 is 11.6 Å². The molecule has 170 valence electrons. The quantitative estimate of drug-likeness (QED) is 0.301. The fraction of sp³-hybridized carbons (Fsp3) is 0.0645. The Bertz CT molecular complexity index is 1510. The maximum atomic E-state index is 14.6. The van der Waals surface area contributed by atoms with Gasteiger partial charge in [-0.05, 0) is 41.8 Å². The largest absolute Gasteiger partial charge is 0.456 e. The van der Waals surface area contributed by atoms with Crippen LogP contribution in [0.2, 0.25) is 0 Å². The van der Waals surface area contributed by atoms with E-state index in [1.807, 2.05) is 97.1 Å². The van der Waals surface area contributed by atoms with E-state index in [9.17, 15) is 9.18 Å². The van der Waals surface area contributed by atoms with Crippen molar-refractivity contribution < 1.29 is 13.6 Å². The molecule has 0 saturated heterocycles. The summed E-state index contributed by atoms with van der Waals surface area (Å²) < 4.78 is 21.1. The highest BCUT2D eigenvalue weighted by Crippen LogP contribution is 2.50. The second kappa shape index (κ2) is 8.41. The zero-order valence-electron chi connectivity index (χ0n) is 18.9. The van der Waals surface area contributed by atoms with Gasteiger partial charge in [0.25, 0.3) is 0 Å². The van der Waals surface area contributed by atoms with Crippen molar-refractivity contribution in [2.24, 2.45) is 0 Å². The molecule has 1 N–H and O–H groups in total. The summed E-state index contributed by atoms with van der Waals surface area (Å²) in [5.74, 6) is 0.683. The van der Waals surface area contributed by atoms with Crippen LogP contribution in [0.5, 0.6) is 0 Å². The molecule has 1 aromatic heterocycles. The number of anilines is 1. The normalized spacial score (nSPS) is 16.7. The first-order valence-corrected chi connectivity index (χ1v) is 11.6. The van der Waals surface area contributed by atoms with Gasteiger partial charge in [-0.15, -0.1) is 0 Å². The number of furan rings is 1. The molecule has 1 amide bonds. The second-order valence-corrected chi connectivity index (χ2v) is 8.80. The summed E-state index contributed by atoms with van der Waals surface area (Å²) >= 11 is 0. The van der Waals surface area contributed by atoms with Crippen LogP contribution in [0.3, 0.4) is 0 Å². The molecule has 35 heavy (non-hydrogen) atoms. The lowest BCUT2D eigenvalue weighted by Crippen LogP contribution is -2.38. The van der Waals surface area contributed by atoms with Gasteiger partial charge in [0.1, 0.15) is 22.8 Å². The lowest BCUT2D eigenvalue weighted by Gasteiger charge is -2.28. The van der Waals surface area contributed by atoms with Gasteiger partial charge in [-0.25, -0.2) is 4.39 Å². The topological polar surface area (TPSA) is 42.2 Å². The summed E-state index contributed by atoms with van der Waals surface area (Å²) in [5, 5.41) is 3.01. The van der Waals surface area contributed by atoms with E-state index in [1.54, 1.807) is 6.07 Å². The van der Waals surface area contributed by atoms with Gasteiger partial charge in [0.15, 0.2) is 0 Å². The summed E-state index contributed by atoms with van der Waals surface area (Å²) in [4.78, 5) is 13.9. The van der Waals surface area contributed by atoms with E-state index in [4.69, 9.17) is 4.42 Å². The highest BCUT2D eigenvalue weighted by atomic mass is 19.1. The second-order valence-electron chi connectivity index (χ2n) is 8.80. The molecule has 1 aliphatic heterocycles. The number of benzene rings is 4. The summed E-state index contributed by atoms with van der Waals surface area (Å²) in [6.45, 7) is 0. The van der Waals surface area contributed by atoms with Gasteiger partial charge in [0, 0.05) is 22.4 Å². The standard InChI is InChI=1S/C31H22FNO2/c32-24-16-17-27-25(18-24)31(30(34)33-27,20-21-10-4-1-5-11-21)26-19-28(22-12-6-2-7-13-22)35-29(26)23-14-8-3-9-15-23/h1-19H,20H2,(H,33,34)/t31-/m0/s1. The fourth-order valence-corrected chi connectivity index (χ4v) is 5.03. The average Bonchev–Trinajstić information content (AvgIpc) is 3.46. The molecule has 0 aliphatic carbocycles. The summed E-state index contributed by atoms with van der Waals surface area (Å²) in [7, 11) is 0. The van der Waals surface area contributed by atoms with E-state index in [1.165, 1.54) is 12.1 Å². The van der Waals surface area contributed by atoms with Gasteiger partial charge >= 0.3 is 0 Å². The zero-order chi connectivity index (χ0) is 23.8. The first-order chi connectivity index (χ1) is 17.1. The van der Waals surface area contributed by atoms with Gasteiger partial charge in [0.2, 0.25) is 5.91 Å². The van der Waals surface area contributed by atoms with Gasteiger partial charge in [-0.2, -0.15) is 0 Å². The number of carbonyl (C=O) groups is 1. The minimum absolute atomic E-state index is 0.195. The Morgan fingerprint density at radius 2 is 1.34 bits per heavy atom. The van der Waals surface area contributed by atoms with Crippen LogP contribution in [0.25, 0.3) is 22.6 Å². The molecule has 1 aliphatic rings. The van der Waals surface area contributed by atoms with Gasteiger partial charge in [-0.1, -0.05) is 91.0 Å². The Balaban J connectivity index is 1.66. The van der Waals surface area contributed by atoms with Crippen LogP contribution in [0.15, 0.2) is 120 Å². The molecule has 0 fully saturated rings. The molecular formula is C31H22FNO2. The molecule has 4 heteroatoms. The van der Waals surface area contributed by atoms with Gasteiger partial charge in [-0.3, -0.25) is 4.79 Å². The highest BCUT2D eigenvalue weighted by Gasteiger charge is 2.51. The molecule has 5 aromatic rings. The zero-order valence-corrected chi connectivity index (χ0v) is 18.9. The Morgan fingerprint density at radius 1 is 0.714 bits per heavy atom. The molecule has 0 saturated carbocycles. The van der Waals surface area contributed by atoms with Crippen molar-refractivity contribution in [2.45, 2.75) is 11.8 Å². The Morgan fingerprint density at radius 3 is 2.03 bits per heavy atom. The van der Waals surface area contributed by atoms with Crippen molar-refractivity contribution in [1.82, 2.24) is 0 Å². The van der Waals surface area contributed by atoms with E-state index in [2.05, 4.69) is 5.32 Å². The predicted octanol–water partition coefficient (Wildman–Crippen LogP) is 7.23. The number of rotatable bonds is 5. The van der Waals surface area contributed by atoms with Crippen LogP contribution in [0, 0.1) is 5.82 Å². The third kappa shape index (κ3) is 3.55. The molecule has 0 bridgehead atoms. The van der Waals surface area contributed by atoms with Crippen LogP contribution in [-0.2, 0) is 16.6 Å². The first kappa shape index (κ1) is 21.1. The van der Waals surface area contributed by atoms with Gasteiger partial charge in [0.05, 0.1) is 0 Å². The van der Waals surface area contributed by atoms with E-state index in [0.717, 1.165) is 16.7 Å². The SMILES string of the molecule is O=C1Nc2ccc(F)cc2[C@@]1(Cc1ccccc1)c1cc(-c2ccccc2)oc1-c1ccccc1. The molecule has 6 rings (SSSR count). The van der Waals surface area contributed by atoms with Crippen LogP contribution >= 0.6 is 0 Å². The number of amides is 1. The van der Waals surface area contributed by atoms with Crippen LogP contribution in [0.1, 0.15) is 16.7 Å². The molecule has 4 aromatic carbocycles. The fourth-order valence-electron chi connectivity index (χ4n) is 5.03. The minimum Gasteiger partial charge on any atom is -0.456 e. The monoisotopic (exact) mass is 459 g/mol. The maximum Gasteiger partial charge on any atom is 0.240 e. The third-order valence-corrected chi connectivity index (χ3v) is 6.68. The van der Waals surface area contributed by atoms with Crippen molar-refractivity contribution in [3.63, 3.8) is 0 Å². The molecule has 2 heterocycles. The van der Waals surface area contributed by atoms with E-state index >= 15 is 0 Å². The van der Waals surface area contributed by atoms with E-state index < -0.39 is 5.41 Å². The van der Waals surface area contributed by atoms with Crippen molar-refractivity contribution in [2.75, 3.05) is 5.32 Å².